The van der Waals surface area contributed by atoms with Crippen LogP contribution in [-0.4, -0.2) is 30.6 Å². The Bertz CT molecular complexity index is 153. The highest BCUT2D eigenvalue weighted by molar-refractivity contribution is 5.00. The minimum Gasteiger partial charge on any atom is -0.328 e. The van der Waals surface area contributed by atoms with Crippen molar-refractivity contribution in [3.63, 3.8) is 0 Å². The van der Waals surface area contributed by atoms with Crippen LogP contribution in [-0.2, 0) is 0 Å². The van der Waals surface area contributed by atoms with Gasteiger partial charge in [-0.25, -0.2) is 0 Å². The van der Waals surface area contributed by atoms with Crippen LogP contribution in [0, 0.1) is 5.41 Å². The molecule has 1 saturated heterocycles. The van der Waals surface area contributed by atoms with Gasteiger partial charge in [0.25, 0.3) is 0 Å². The molecular weight excluding hydrogens is 148 g/mol. The fraction of sp³-hybridized carbons (Fsp3) is 1.00. The lowest BCUT2D eigenvalue weighted by atomic mass is 9.63. The van der Waals surface area contributed by atoms with Gasteiger partial charge in [-0.1, -0.05) is 6.42 Å². The fourth-order valence-corrected chi connectivity index (χ4v) is 2.44. The highest BCUT2D eigenvalue weighted by Gasteiger charge is 2.46. The number of likely N-dealkylation sites (tertiary alicyclic amines) is 1. The molecule has 0 aromatic heterocycles. The van der Waals surface area contributed by atoms with Gasteiger partial charge in [0.15, 0.2) is 0 Å². The first-order valence-corrected chi connectivity index (χ1v) is 5.18. The molecular formula is C10H20N2. The monoisotopic (exact) mass is 168 g/mol. The average Bonchev–Trinajstić information content (AvgIpc) is 1.79. The first-order valence-electron chi connectivity index (χ1n) is 5.18. The third-order valence-electron chi connectivity index (χ3n) is 3.43. The molecule has 1 saturated carbocycles. The van der Waals surface area contributed by atoms with Crippen molar-refractivity contribution in [3.8, 4) is 0 Å². The molecule has 2 heteroatoms. The summed E-state index contributed by atoms with van der Waals surface area (Å²) in [4.78, 5) is 2.56. The second kappa shape index (κ2) is 3.00. The minimum atomic E-state index is 0.378. The highest BCUT2D eigenvalue weighted by atomic mass is 15.2. The molecule has 1 aliphatic heterocycles. The van der Waals surface area contributed by atoms with Crippen molar-refractivity contribution in [2.75, 3.05) is 19.6 Å². The zero-order valence-electron chi connectivity index (χ0n) is 8.05. The smallest absolute Gasteiger partial charge is 0.00505 e. The molecule has 1 unspecified atom stereocenters. The molecule has 2 aliphatic rings. The Balaban J connectivity index is 1.62. The van der Waals surface area contributed by atoms with Gasteiger partial charge in [-0.3, -0.25) is 0 Å². The SMILES string of the molecule is CC(N)CCN1CC2(CCC2)C1. The molecule has 1 atom stereocenters. The first kappa shape index (κ1) is 8.52. The molecule has 0 bridgehead atoms. The van der Waals surface area contributed by atoms with Crippen molar-refractivity contribution in [2.24, 2.45) is 11.1 Å². The molecule has 2 N–H and O–H groups in total. The predicted octanol–water partition coefficient (Wildman–Crippen LogP) is 1.21. The molecule has 0 radical (unpaired) electrons. The van der Waals surface area contributed by atoms with Crippen LogP contribution in [0.25, 0.3) is 0 Å². The van der Waals surface area contributed by atoms with E-state index in [1.165, 1.54) is 38.9 Å². The lowest BCUT2D eigenvalue weighted by Gasteiger charge is -2.56. The van der Waals surface area contributed by atoms with E-state index in [1.54, 1.807) is 0 Å². The van der Waals surface area contributed by atoms with Gasteiger partial charge in [-0.15, -0.1) is 0 Å². The molecule has 0 aromatic rings. The Hall–Kier alpha value is -0.0800. The van der Waals surface area contributed by atoms with Crippen molar-refractivity contribution < 1.29 is 0 Å². The zero-order valence-corrected chi connectivity index (χ0v) is 8.05. The Labute approximate surface area is 75.1 Å². The Morgan fingerprint density at radius 2 is 2.08 bits per heavy atom. The molecule has 1 heterocycles. The van der Waals surface area contributed by atoms with Crippen molar-refractivity contribution in [1.82, 2.24) is 4.90 Å². The van der Waals surface area contributed by atoms with Gasteiger partial charge in [0.1, 0.15) is 0 Å². The Kier molecular flexibility index (Phi) is 2.13. The predicted molar refractivity (Wildman–Crippen MR) is 51.0 cm³/mol. The number of hydrogen-bond donors (Lipinski definition) is 1. The summed E-state index contributed by atoms with van der Waals surface area (Å²) >= 11 is 0. The molecule has 1 spiro atoms. The van der Waals surface area contributed by atoms with Crippen molar-refractivity contribution >= 4 is 0 Å². The van der Waals surface area contributed by atoms with Gasteiger partial charge in [0.2, 0.25) is 0 Å². The van der Waals surface area contributed by atoms with Crippen LogP contribution in [0.1, 0.15) is 32.6 Å². The van der Waals surface area contributed by atoms with Gasteiger partial charge >= 0.3 is 0 Å². The van der Waals surface area contributed by atoms with E-state index in [0.29, 0.717) is 6.04 Å². The quantitative estimate of drug-likeness (QED) is 0.686. The van der Waals surface area contributed by atoms with Crippen LogP contribution in [0.15, 0.2) is 0 Å². The van der Waals surface area contributed by atoms with E-state index in [2.05, 4.69) is 11.8 Å². The van der Waals surface area contributed by atoms with Crippen LogP contribution in [0.2, 0.25) is 0 Å². The Morgan fingerprint density at radius 3 is 2.50 bits per heavy atom. The van der Waals surface area contributed by atoms with E-state index >= 15 is 0 Å². The third kappa shape index (κ3) is 1.50. The minimum absolute atomic E-state index is 0.378. The van der Waals surface area contributed by atoms with Gasteiger partial charge in [-0.2, -0.15) is 0 Å². The van der Waals surface area contributed by atoms with Crippen molar-refractivity contribution in [1.29, 1.82) is 0 Å². The van der Waals surface area contributed by atoms with Crippen LogP contribution >= 0.6 is 0 Å². The highest BCUT2D eigenvalue weighted by Crippen LogP contribution is 2.47. The molecule has 2 rings (SSSR count). The lowest BCUT2D eigenvalue weighted by Crippen LogP contribution is -2.59. The summed E-state index contributed by atoms with van der Waals surface area (Å²) in [6.45, 7) is 6.04. The number of nitrogens with zero attached hydrogens (tertiary/aromatic N) is 1. The molecule has 2 fully saturated rings. The molecule has 0 amide bonds. The molecule has 2 nitrogen and oxygen atoms in total. The van der Waals surface area contributed by atoms with Crippen LogP contribution in [0.4, 0.5) is 0 Å². The van der Waals surface area contributed by atoms with Crippen molar-refractivity contribution in [3.05, 3.63) is 0 Å². The summed E-state index contributed by atoms with van der Waals surface area (Å²) < 4.78 is 0. The largest absolute Gasteiger partial charge is 0.328 e. The second-order valence-corrected chi connectivity index (χ2v) is 4.83. The van der Waals surface area contributed by atoms with E-state index in [0.717, 1.165) is 11.8 Å². The summed E-state index contributed by atoms with van der Waals surface area (Å²) in [6.07, 6.45) is 5.61. The maximum Gasteiger partial charge on any atom is 0.00505 e. The summed E-state index contributed by atoms with van der Waals surface area (Å²) in [5.74, 6) is 0. The summed E-state index contributed by atoms with van der Waals surface area (Å²) in [7, 11) is 0. The molecule has 12 heavy (non-hydrogen) atoms. The first-order chi connectivity index (χ1) is 5.70. The molecule has 0 aromatic carbocycles. The third-order valence-corrected chi connectivity index (χ3v) is 3.43. The van der Waals surface area contributed by atoms with Crippen LogP contribution in [0.3, 0.4) is 0 Å². The second-order valence-electron chi connectivity index (χ2n) is 4.83. The molecule has 70 valence electrons. The summed E-state index contributed by atoms with van der Waals surface area (Å²) in [5.41, 5.74) is 6.50. The van der Waals surface area contributed by atoms with Crippen LogP contribution in [0.5, 0.6) is 0 Å². The van der Waals surface area contributed by atoms with E-state index in [4.69, 9.17) is 5.73 Å². The number of rotatable bonds is 3. The normalized spacial score (nSPS) is 29.5. The van der Waals surface area contributed by atoms with E-state index in [9.17, 15) is 0 Å². The number of nitrogens with two attached hydrogens (primary N) is 1. The summed E-state index contributed by atoms with van der Waals surface area (Å²) in [6, 6.07) is 0.378. The van der Waals surface area contributed by atoms with Gasteiger partial charge < -0.3 is 10.6 Å². The van der Waals surface area contributed by atoms with Crippen molar-refractivity contribution in [2.45, 2.75) is 38.6 Å². The van der Waals surface area contributed by atoms with Crippen LogP contribution < -0.4 is 5.73 Å². The zero-order chi connectivity index (χ0) is 8.60. The Morgan fingerprint density at radius 1 is 1.42 bits per heavy atom. The lowest BCUT2D eigenvalue weighted by molar-refractivity contribution is -0.0602. The van der Waals surface area contributed by atoms with E-state index in [-0.39, 0.29) is 0 Å². The number of hydrogen-bond acceptors (Lipinski definition) is 2. The maximum atomic E-state index is 5.71. The van der Waals surface area contributed by atoms with Gasteiger partial charge in [0, 0.05) is 19.1 Å². The van der Waals surface area contributed by atoms with Gasteiger partial charge in [-0.05, 0) is 38.1 Å². The average molecular weight is 168 g/mol. The summed E-state index contributed by atoms with van der Waals surface area (Å²) in [5, 5.41) is 0. The molecule has 1 aliphatic carbocycles. The topological polar surface area (TPSA) is 29.3 Å². The standard InChI is InChI=1S/C10H20N2/c1-9(11)3-6-12-7-10(8-12)4-2-5-10/h9H,2-8,11H2,1H3. The van der Waals surface area contributed by atoms with E-state index in [1.807, 2.05) is 0 Å². The fourth-order valence-electron chi connectivity index (χ4n) is 2.44. The van der Waals surface area contributed by atoms with E-state index < -0.39 is 0 Å². The van der Waals surface area contributed by atoms with Gasteiger partial charge in [0.05, 0.1) is 0 Å². The maximum absolute atomic E-state index is 5.71.